The predicted octanol–water partition coefficient (Wildman–Crippen LogP) is 14.3. The van der Waals surface area contributed by atoms with Crippen LogP contribution < -0.4 is 0 Å². The molecule has 248 valence electrons. The highest BCUT2D eigenvalue weighted by atomic mass is 14.2. The van der Waals surface area contributed by atoms with Gasteiger partial charge in [-0.05, 0) is 109 Å². The Morgan fingerprint density at radius 3 is 1.49 bits per heavy atom. The van der Waals surface area contributed by atoms with E-state index in [1.807, 2.05) is 0 Å². The molecular formula is C51H44. The van der Waals surface area contributed by atoms with E-state index in [4.69, 9.17) is 0 Å². The van der Waals surface area contributed by atoms with Gasteiger partial charge in [0.25, 0.3) is 0 Å². The van der Waals surface area contributed by atoms with E-state index in [0.29, 0.717) is 5.92 Å². The molecule has 0 aliphatic heterocycles. The lowest BCUT2D eigenvalue weighted by Crippen LogP contribution is -2.04. The summed E-state index contributed by atoms with van der Waals surface area (Å²) in [6.45, 7) is 2.17. The topological polar surface area (TPSA) is 0 Å². The highest BCUT2D eigenvalue weighted by Crippen LogP contribution is 2.37. The van der Waals surface area contributed by atoms with Crippen molar-refractivity contribution in [2.45, 2.75) is 44.9 Å². The van der Waals surface area contributed by atoms with Crippen LogP contribution in [0.2, 0.25) is 0 Å². The van der Waals surface area contributed by atoms with Gasteiger partial charge in [-0.2, -0.15) is 0 Å². The van der Waals surface area contributed by atoms with Crippen LogP contribution in [0.5, 0.6) is 0 Å². The Morgan fingerprint density at radius 2 is 0.902 bits per heavy atom. The first kappa shape index (κ1) is 32.5. The van der Waals surface area contributed by atoms with E-state index in [2.05, 4.69) is 189 Å². The minimum atomic E-state index is 0.702. The Hall–Kier alpha value is -5.72. The fourth-order valence-electron chi connectivity index (χ4n) is 7.95. The van der Waals surface area contributed by atoms with Crippen LogP contribution in [0.1, 0.15) is 88.1 Å². The van der Waals surface area contributed by atoms with Crippen LogP contribution in [0, 0.1) is 6.92 Å². The van der Waals surface area contributed by atoms with Gasteiger partial charge in [-0.3, -0.25) is 0 Å². The molecule has 0 heteroatoms. The average Bonchev–Trinajstić information content (AvgIpc) is 3.20. The normalized spacial score (nSPS) is 14.3. The number of fused-ring (bicyclic) bond motifs is 2. The minimum absolute atomic E-state index is 0.702. The SMILES string of the molecule is Cc1ccccc1C=Cc1c2ccccc2c(C=Cc2ccccc2C=C(c2ccccc2)c2ccc(C3CCCCC3)cc2)c2ccccc12. The van der Waals surface area contributed by atoms with E-state index in [9.17, 15) is 0 Å². The molecule has 0 spiro atoms. The summed E-state index contributed by atoms with van der Waals surface area (Å²) in [5.41, 5.74) is 12.6. The van der Waals surface area contributed by atoms with E-state index < -0.39 is 0 Å². The molecule has 1 aliphatic carbocycles. The highest BCUT2D eigenvalue weighted by Gasteiger charge is 2.16. The number of rotatable bonds is 8. The highest BCUT2D eigenvalue weighted by molar-refractivity contribution is 6.14. The van der Waals surface area contributed by atoms with Crippen molar-refractivity contribution in [2.24, 2.45) is 0 Å². The Kier molecular flexibility index (Phi) is 9.57. The van der Waals surface area contributed by atoms with Gasteiger partial charge in [-0.1, -0.05) is 195 Å². The van der Waals surface area contributed by atoms with Gasteiger partial charge < -0.3 is 0 Å². The molecule has 0 atom stereocenters. The van der Waals surface area contributed by atoms with E-state index in [1.165, 1.54) is 109 Å². The molecule has 0 aromatic heterocycles. The van der Waals surface area contributed by atoms with Crippen molar-refractivity contribution in [2.75, 3.05) is 0 Å². The summed E-state index contributed by atoms with van der Waals surface area (Å²) in [7, 11) is 0. The Labute approximate surface area is 303 Å². The van der Waals surface area contributed by atoms with Crippen LogP contribution >= 0.6 is 0 Å². The lowest BCUT2D eigenvalue weighted by Gasteiger charge is -2.22. The zero-order valence-corrected chi connectivity index (χ0v) is 29.4. The zero-order chi connectivity index (χ0) is 34.4. The molecule has 0 saturated heterocycles. The minimum Gasteiger partial charge on any atom is -0.0622 e. The van der Waals surface area contributed by atoms with E-state index >= 15 is 0 Å². The molecule has 0 unspecified atom stereocenters. The van der Waals surface area contributed by atoms with Crippen LogP contribution in [-0.2, 0) is 0 Å². The predicted molar refractivity (Wildman–Crippen MR) is 223 cm³/mol. The van der Waals surface area contributed by atoms with Crippen LogP contribution in [0.3, 0.4) is 0 Å². The number of benzene rings is 7. The molecule has 1 aliphatic rings. The Balaban J connectivity index is 1.21. The molecule has 0 bridgehead atoms. The summed E-state index contributed by atoms with van der Waals surface area (Å²) in [4.78, 5) is 0. The average molecular weight is 657 g/mol. The van der Waals surface area contributed by atoms with Crippen molar-refractivity contribution in [3.05, 3.63) is 202 Å². The van der Waals surface area contributed by atoms with Gasteiger partial charge in [0.15, 0.2) is 0 Å². The molecule has 1 fully saturated rings. The van der Waals surface area contributed by atoms with Crippen LogP contribution in [0.15, 0.2) is 152 Å². The summed E-state index contributed by atoms with van der Waals surface area (Å²) in [6.07, 6.45) is 18.3. The monoisotopic (exact) mass is 656 g/mol. The molecule has 7 aromatic rings. The third-order valence-electron chi connectivity index (χ3n) is 10.7. The van der Waals surface area contributed by atoms with Crippen molar-refractivity contribution in [1.29, 1.82) is 0 Å². The largest absolute Gasteiger partial charge is 0.0622 e. The van der Waals surface area contributed by atoms with Crippen LogP contribution in [0.4, 0.5) is 0 Å². The number of aryl methyl sites for hydroxylation is 1. The van der Waals surface area contributed by atoms with Gasteiger partial charge >= 0.3 is 0 Å². The molecule has 8 rings (SSSR count). The smallest absolute Gasteiger partial charge is 0.00987 e. The lowest BCUT2D eigenvalue weighted by molar-refractivity contribution is 0.443. The van der Waals surface area contributed by atoms with Crippen molar-refractivity contribution in [3.63, 3.8) is 0 Å². The number of hydrogen-bond acceptors (Lipinski definition) is 0. The second-order valence-electron chi connectivity index (χ2n) is 14.0. The van der Waals surface area contributed by atoms with Gasteiger partial charge in [0, 0.05) is 0 Å². The summed E-state index contributed by atoms with van der Waals surface area (Å²) < 4.78 is 0. The van der Waals surface area contributed by atoms with Crippen LogP contribution in [-0.4, -0.2) is 0 Å². The second kappa shape index (κ2) is 15.0. The Bertz CT molecular complexity index is 2320. The van der Waals surface area contributed by atoms with Gasteiger partial charge in [-0.15, -0.1) is 0 Å². The quantitative estimate of drug-likeness (QED) is 0.113. The summed E-state index contributed by atoms with van der Waals surface area (Å²) in [6, 6.07) is 55.3. The second-order valence-corrected chi connectivity index (χ2v) is 14.0. The summed E-state index contributed by atoms with van der Waals surface area (Å²) in [5, 5.41) is 5.04. The molecule has 51 heavy (non-hydrogen) atoms. The fraction of sp³-hybridized carbons (Fsp3) is 0.137. The lowest BCUT2D eigenvalue weighted by atomic mass is 9.83. The zero-order valence-electron chi connectivity index (χ0n) is 29.4. The number of hydrogen-bond donors (Lipinski definition) is 0. The third kappa shape index (κ3) is 7.01. The third-order valence-corrected chi connectivity index (χ3v) is 10.7. The maximum Gasteiger partial charge on any atom is -0.00987 e. The van der Waals surface area contributed by atoms with Gasteiger partial charge in [0.1, 0.15) is 0 Å². The first-order chi connectivity index (χ1) is 25.2. The van der Waals surface area contributed by atoms with Crippen molar-refractivity contribution in [1.82, 2.24) is 0 Å². The standard InChI is InChI=1S/C51H44/c1-37-16-8-9-17-38(37)32-34-49-45-24-12-14-26-47(45)50(48-27-15-13-25-46(48)49)35-33-40-20-10-11-23-44(40)36-51(42-21-6-3-7-22-42)43-30-28-41(29-31-43)39-18-4-2-5-19-39/h3,6-17,20-36,39H,2,4-5,18-19H2,1H3. The Morgan fingerprint density at radius 1 is 0.431 bits per heavy atom. The van der Waals surface area contributed by atoms with Gasteiger partial charge in [0.05, 0.1) is 0 Å². The molecule has 0 heterocycles. The maximum atomic E-state index is 2.38. The van der Waals surface area contributed by atoms with Gasteiger partial charge in [-0.25, -0.2) is 0 Å². The molecule has 0 amide bonds. The van der Waals surface area contributed by atoms with E-state index in [-0.39, 0.29) is 0 Å². The van der Waals surface area contributed by atoms with Crippen molar-refractivity contribution >= 4 is 57.5 Å². The maximum absolute atomic E-state index is 2.38. The first-order valence-electron chi connectivity index (χ1n) is 18.5. The van der Waals surface area contributed by atoms with Crippen molar-refractivity contribution in [3.8, 4) is 0 Å². The van der Waals surface area contributed by atoms with Crippen LogP contribution in [0.25, 0.3) is 57.5 Å². The van der Waals surface area contributed by atoms with Crippen molar-refractivity contribution < 1.29 is 0 Å². The first-order valence-corrected chi connectivity index (χ1v) is 18.5. The summed E-state index contributed by atoms with van der Waals surface area (Å²) >= 11 is 0. The van der Waals surface area contributed by atoms with E-state index in [1.54, 1.807) is 0 Å². The van der Waals surface area contributed by atoms with E-state index in [0.717, 1.165) is 0 Å². The molecule has 7 aromatic carbocycles. The molecular weight excluding hydrogens is 613 g/mol. The molecule has 1 saturated carbocycles. The van der Waals surface area contributed by atoms with Gasteiger partial charge in [0.2, 0.25) is 0 Å². The molecule has 0 radical (unpaired) electrons. The molecule has 0 N–H and O–H groups in total. The summed E-state index contributed by atoms with van der Waals surface area (Å²) in [5.74, 6) is 0.702. The fourth-order valence-corrected chi connectivity index (χ4v) is 7.95. The molecule has 0 nitrogen and oxygen atoms in total.